The standard InChI is InChI=1S/C14H32N2/c1-4-7-10-15-11-14-16(12-8-5-2)13-9-6-3/h15H,4-14H2,1-3H3. The van der Waals surface area contributed by atoms with Crippen LogP contribution in [0.2, 0.25) is 0 Å². The maximum Gasteiger partial charge on any atom is 0.0107 e. The smallest absolute Gasteiger partial charge is 0.0107 e. The van der Waals surface area contributed by atoms with E-state index in [1.54, 1.807) is 0 Å². The van der Waals surface area contributed by atoms with Gasteiger partial charge in [-0.15, -0.1) is 0 Å². The molecule has 0 saturated heterocycles. The van der Waals surface area contributed by atoms with Crippen LogP contribution in [0.1, 0.15) is 59.3 Å². The van der Waals surface area contributed by atoms with Gasteiger partial charge in [-0.25, -0.2) is 0 Å². The fraction of sp³-hybridized carbons (Fsp3) is 1.00. The van der Waals surface area contributed by atoms with Gasteiger partial charge in [0.2, 0.25) is 0 Å². The third kappa shape index (κ3) is 10.4. The van der Waals surface area contributed by atoms with Gasteiger partial charge in [0.1, 0.15) is 0 Å². The van der Waals surface area contributed by atoms with Gasteiger partial charge in [-0.05, 0) is 38.9 Å². The summed E-state index contributed by atoms with van der Waals surface area (Å²) < 4.78 is 0. The normalized spacial score (nSPS) is 11.2. The van der Waals surface area contributed by atoms with E-state index in [-0.39, 0.29) is 0 Å². The largest absolute Gasteiger partial charge is 0.315 e. The molecule has 0 unspecified atom stereocenters. The van der Waals surface area contributed by atoms with Crippen molar-refractivity contribution >= 4 is 0 Å². The summed E-state index contributed by atoms with van der Waals surface area (Å²) in [7, 11) is 0. The second-order valence-electron chi connectivity index (χ2n) is 4.65. The molecule has 0 saturated carbocycles. The van der Waals surface area contributed by atoms with Crippen LogP contribution in [0.4, 0.5) is 0 Å². The van der Waals surface area contributed by atoms with Crippen LogP contribution in [0.5, 0.6) is 0 Å². The average Bonchev–Trinajstić information content (AvgIpc) is 2.31. The zero-order valence-corrected chi connectivity index (χ0v) is 11.7. The Morgan fingerprint density at radius 3 is 1.75 bits per heavy atom. The lowest BCUT2D eigenvalue weighted by Crippen LogP contribution is -2.34. The van der Waals surface area contributed by atoms with E-state index >= 15 is 0 Å². The fourth-order valence-corrected chi connectivity index (χ4v) is 1.76. The summed E-state index contributed by atoms with van der Waals surface area (Å²) in [6, 6.07) is 0. The molecular weight excluding hydrogens is 196 g/mol. The zero-order chi connectivity index (χ0) is 12.1. The minimum absolute atomic E-state index is 1.16. The van der Waals surface area contributed by atoms with E-state index in [4.69, 9.17) is 0 Å². The summed E-state index contributed by atoms with van der Waals surface area (Å²) in [6.07, 6.45) is 7.92. The predicted molar refractivity (Wildman–Crippen MR) is 74.0 cm³/mol. The van der Waals surface area contributed by atoms with Crippen LogP contribution in [-0.4, -0.2) is 37.6 Å². The Hall–Kier alpha value is -0.0800. The van der Waals surface area contributed by atoms with E-state index < -0.39 is 0 Å². The number of nitrogens with zero attached hydrogens (tertiary/aromatic N) is 1. The van der Waals surface area contributed by atoms with Gasteiger partial charge in [0.05, 0.1) is 0 Å². The second kappa shape index (κ2) is 13.0. The van der Waals surface area contributed by atoms with Gasteiger partial charge in [-0.2, -0.15) is 0 Å². The van der Waals surface area contributed by atoms with Crippen LogP contribution >= 0.6 is 0 Å². The molecule has 0 radical (unpaired) electrons. The van der Waals surface area contributed by atoms with Gasteiger partial charge in [0.15, 0.2) is 0 Å². The molecule has 0 fully saturated rings. The van der Waals surface area contributed by atoms with Crippen molar-refractivity contribution in [2.45, 2.75) is 59.3 Å². The van der Waals surface area contributed by atoms with Gasteiger partial charge >= 0.3 is 0 Å². The van der Waals surface area contributed by atoms with Gasteiger partial charge in [0.25, 0.3) is 0 Å². The van der Waals surface area contributed by atoms with Gasteiger partial charge in [-0.3, -0.25) is 0 Å². The van der Waals surface area contributed by atoms with E-state index in [1.165, 1.54) is 64.7 Å². The molecule has 2 nitrogen and oxygen atoms in total. The molecule has 2 heteroatoms. The Morgan fingerprint density at radius 1 is 0.688 bits per heavy atom. The highest BCUT2D eigenvalue weighted by molar-refractivity contribution is 4.60. The predicted octanol–water partition coefficient (Wildman–Crippen LogP) is 3.28. The molecule has 0 spiro atoms. The Bertz CT molecular complexity index is 118. The third-order valence-electron chi connectivity index (χ3n) is 2.97. The molecule has 0 aromatic carbocycles. The second-order valence-corrected chi connectivity index (χ2v) is 4.65. The van der Waals surface area contributed by atoms with Crippen molar-refractivity contribution in [1.82, 2.24) is 10.2 Å². The SMILES string of the molecule is CCCCNCCN(CCCC)CCCC. The van der Waals surface area contributed by atoms with Gasteiger partial charge in [-0.1, -0.05) is 40.0 Å². The van der Waals surface area contributed by atoms with Crippen molar-refractivity contribution in [3.63, 3.8) is 0 Å². The lowest BCUT2D eigenvalue weighted by molar-refractivity contribution is 0.265. The lowest BCUT2D eigenvalue weighted by atomic mass is 10.2. The molecule has 98 valence electrons. The maximum atomic E-state index is 3.53. The van der Waals surface area contributed by atoms with E-state index in [9.17, 15) is 0 Å². The first-order chi connectivity index (χ1) is 7.85. The number of unbranched alkanes of at least 4 members (excludes halogenated alkanes) is 3. The number of hydrogen-bond acceptors (Lipinski definition) is 2. The van der Waals surface area contributed by atoms with Crippen LogP contribution in [0, 0.1) is 0 Å². The molecule has 0 amide bonds. The Kier molecular flexibility index (Phi) is 12.9. The third-order valence-corrected chi connectivity index (χ3v) is 2.97. The van der Waals surface area contributed by atoms with E-state index in [2.05, 4.69) is 31.0 Å². The number of hydrogen-bond donors (Lipinski definition) is 1. The fourth-order valence-electron chi connectivity index (χ4n) is 1.76. The minimum Gasteiger partial charge on any atom is -0.315 e. The van der Waals surface area contributed by atoms with Crippen LogP contribution < -0.4 is 5.32 Å². The molecule has 0 rings (SSSR count). The van der Waals surface area contributed by atoms with E-state index in [0.29, 0.717) is 0 Å². The Balaban J connectivity index is 3.48. The van der Waals surface area contributed by atoms with Gasteiger partial charge < -0.3 is 10.2 Å². The van der Waals surface area contributed by atoms with Crippen LogP contribution in [-0.2, 0) is 0 Å². The van der Waals surface area contributed by atoms with E-state index in [0.717, 1.165) is 6.54 Å². The highest BCUT2D eigenvalue weighted by Crippen LogP contribution is 1.98. The Morgan fingerprint density at radius 2 is 1.25 bits per heavy atom. The lowest BCUT2D eigenvalue weighted by Gasteiger charge is -2.22. The summed E-state index contributed by atoms with van der Waals surface area (Å²) in [4.78, 5) is 2.62. The molecular formula is C14H32N2. The summed E-state index contributed by atoms with van der Waals surface area (Å²) in [5, 5.41) is 3.53. The van der Waals surface area contributed by atoms with Crippen molar-refractivity contribution in [1.29, 1.82) is 0 Å². The van der Waals surface area contributed by atoms with Crippen LogP contribution in [0.25, 0.3) is 0 Å². The highest BCUT2D eigenvalue weighted by Gasteiger charge is 2.02. The van der Waals surface area contributed by atoms with Crippen molar-refractivity contribution in [3.8, 4) is 0 Å². The van der Waals surface area contributed by atoms with Crippen molar-refractivity contribution in [3.05, 3.63) is 0 Å². The first-order valence-corrected chi connectivity index (χ1v) is 7.28. The van der Waals surface area contributed by atoms with Gasteiger partial charge in [0, 0.05) is 13.1 Å². The van der Waals surface area contributed by atoms with Crippen LogP contribution in [0.15, 0.2) is 0 Å². The Labute approximate surface area is 103 Å². The zero-order valence-electron chi connectivity index (χ0n) is 11.7. The molecule has 0 aromatic rings. The van der Waals surface area contributed by atoms with Crippen molar-refractivity contribution < 1.29 is 0 Å². The van der Waals surface area contributed by atoms with Crippen molar-refractivity contribution in [2.24, 2.45) is 0 Å². The number of nitrogens with one attached hydrogen (secondary N) is 1. The summed E-state index contributed by atoms with van der Waals surface area (Å²) >= 11 is 0. The molecule has 1 N–H and O–H groups in total. The molecule has 16 heavy (non-hydrogen) atoms. The van der Waals surface area contributed by atoms with Crippen LogP contribution in [0.3, 0.4) is 0 Å². The summed E-state index contributed by atoms with van der Waals surface area (Å²) in [5.41, 5.74) is 0. The summed E-state index contributed by atoms with van der Waals surface area (Å²) in [6.45, 7) is 12.9. The molecule has 0 aliphatic rings. The first kappa shape index (κ1) is 15.9. The topological polar surface area (TPSA) is 15.3 Å². The number of rotatable bonds is 12. The molecule has 0 atom stereocenters. The summed E-state index contributed by atoms with van der Waals surface area (Å²) in [5.74, 6) is 0. The highest BCUT2D eigenvalue weighted by atomic mass is 15.1. The minimum atomic E-state index is 1.16. The molecule has 0 heterocycles. The maximum absolute atomic E-state index is 3.53. The molecule has 0 aliphatic heterocycles. The quantitative estimate of drug-likeness (QED) is 0.516. The monoisotopic (exact) mass is 228 g/mol. The molecule has 0 bridgehead atoms. The van der Waals surface area contributed by atoms with E-state index in [1.807, 2.05) is 0 Å². The molecule has 0 aromatic heterocycles. The first-order valence-electron chi connectivity index (χ1n) is 7.28. The molecule has 0 aliphatic carbocycles. The average molecular weight is 228 g/mol. The van der Waals surface area contributed by atoms with Crippen molar-refractivity contribution in [2.75, 3.05) is 32.7 Å².